The summed E-state index contributed by atoms with van der Waals surface area (Å²) < 4.78 is 3.74. The van der Waals surface area contributed by atoms with Crippen LogP contribution in [-0.2, 0) is 9.53 Å². The zero-order valence-electron chi connectivity index (χ0n) is 4.06. The Kier molecular flexibility index (Phi) is 5.19. The van der Waals surface area contributed by atoms with E-state index in [4.69, 9.17) is 11.6 Å². The van der Waals surface area contributed by atoms with Crippen LogP contribution in [0.2, 0.25) is 0 Å². The SMILES string of the molecule is COC(=O)C(Cl)SI. The van der Waals surface area contributed by atoms with Gasteiger partial charge in [-0.05, 0) is 21.2 Å². The van der Waals surface area contributed by atoms with Gasteiger partial charge in [-0.2, -0.15) is 0 Å². The molecule has 0 aliphatic heterocycles. The first-order valence-corrected chi connectivity index (χ1v) is 5.57. The summed E-state index contributed by atoms with van der Waals surface area (Å²) in [7, 11) is 2.53. The van der Waals surface area contributed by atoms with Crippen LogP contribution in [0.25, 0.3) is 0 Å². The molecule has 0 spiro atoms. The monoisotopic (exact) mass is 266 g/mol. The van der Waals surface area contributed by atoms with Gasteiger partial charge in [0.2, 0.25) is 0 Å². The van der Waals surface area contributed by atoms with Crippen LogP contribution in [0.5, 0.6) is 0 Å². The fourth-order valence-corrected chi connectivity index (χ4v) is 1.01. The summed E-state index contributed by atoms with van der Waals surface area (Å²) >= 11 is 7.33. The van der Waals surface area contributed by atoms with Crippen LogP contribution < -0.4 is 0 Å². The third-order valence-electron chi connectivity index (χ3n) is 0.465. The maximum atomic E-state index is 10.4. The molecule has 1 unspecified atom stereocenters. The number of methoxy groups -OCH3 is 1. The van der Waals surface area contributed by atoms with Gasteiger partial charge in [0.05, 0.1) is 7.11 Å². The third kappa shape index (κ3) is 2.99. The van der Waals surface area contributed by atoms with Crippen molar-refractivity contribution in [3.63, 3.8) is 0 Å². The summed E-state index contributed by atoms with van der Waals surface area (Å²) in [4.78, 5) is 10.4. The Bertz CT molecular complexity index is 89.4. The zero-order valence-corrected chi connectivity index (χ0v) is 7.79. The lowest BCUT2D eigenvalue weighted by molar-refractivity contribution is -0.138. The average molecular weight is 266 g/mol. The van der Waals surface area contributed by atoms with Gasteiger partial charge in [-0.25, -0.2) is 4.79 Å². The number of esters is 1. The van der Waals surface area contributed by atoms with Gasteiger partial charge in [0, 0.05) is 0 Å². The van der Waals surface area contributed by atoms with E-state index in [2.05, 4.69) is 4.74 Å². The molecule has 0 aromatic heterocycles. The molecule has 2 nitrogen and oxygen atoms in total. The molecule has 0 aliphatic rings. The minimum atomic E-state index is -0.569. The summed E-state index contributed by atoms with van der Waals surface area (Å²) in [6.45, 7) is 0. The van der Waals surface area contributed by atoms with Crippen molar-refractivity contribution in [3.8, 4) is 0 Å². The standard InChI is InChI=1S/C3H4ClIO2S/c1-7-3(6)2(4)8-5/h2H,1H3. The smallest absolute Gasteiger partial charge is 0.334 e. The van der Waals surface area contributed by atoms with Gasteiger partial charge in [0.25, 0.3) is 0 Å². The second-order valence-electron chi connectivity index (χ2n) is 0.928. The van der Waals surface area contributed by atoms with Crippen molar-refractivity contribution in [2.24, 2.45) is 0 Å². The number of carbonyl (C=O) groups is 1. The number of halogens is 2. The van der Waals surface area contributed by atoms with Crippen LogP contribution in [0.15, 0.2) is 0 Å². The molecule has 0 aromatic rings. The number of hydrogen-bond acceptors (Lipinski definition) is 3. The number of rotatable bonds is 2. The number of carbonyl (C=O) groups excluding carboxylic acids is 1. The molecule has 0 heterocycles. The summed E-state index contributed by atoms with van der Waals surface area (Å²) in [5.74, 6) is -0.397. The second-order valence-corrected chi connectivity index (χ2v) is 3.80. The normalized spacial score (nSPS) is 12.9. The lowest BCUT2D eigenvalue weighted by atomic mass is 10.8. The second kappa shape index (κ2) is 4.69. The first-order chi connectivity index (χ1) is 3.72. The van der Waals surface area contributed by atoms with E-state index in [-0.39, 0.29) is 0 Å². The first kappa shape index (κ1) is 8.84. The van der Waals surface area contributed by atoms with E-state index >= 15 is 0 Å². The topological polar surface area (TPSA) is 26.3 Å². The molecule has 0 fully saturated rings. The maximum absolute atomic E-state index is 10.4. The van der Waals surface area contributed by atoms with Crippen LogP contribution in [0.1, 0.15) is 0 Å². The molecule has 0 radical (unpaired) electrons. The Morgan fingerprint density at radius 1 is 2.00 bits per heavy atom. The van der Waals surface area contributed by atoms with Crippen molar-refractivity contribution in [1.29, 1.82) is 0 Å². The third-order valence-corrected chi connectivity index (χ3v) is 3.69. The van der Waals surface area contributed by atoms with Gasteiger partial charge in [0.1, 0.15) is 0 Å². The summed E-state index contributed by atoms with van der Waals surface area (Å²) in [5, 5.41) is 0. The van der Waals surface area contributed by atoms with Crippen molar-refractivity contribution in [3.05, 3.63) is 0 Å². The fraction of sp³-hybridized carbons (Fsp3) is 0.667. The van der Waals surface area contributed by atoms with Crippen molar-refractivity contribution in [1.82, 2.24) is 0 Å². The molecule has 48 valence electrons. The Labute approximate surface area is 68.9 Å². The molecule has 0 bridgehead atoms. The minimum absolute atomic E-state index is 0.397. The molecule has 8 heavy (non-hydrogen) atoms. The van der Waals surface area contributed by atoms with Gasteiger partial charge in [-0.1, -0.05) is 20.5 Å². The predicted molar refractivity (Wildman–Crippen MR) is 43.3 cm³/mol. The Hall–Kier alpha value is 0.840. The highest BCUT2D eigenvalue weighted by molar-refractivity contribution is 14.2. The molecular formula is C3H4ClIO2S. The van der Waals surface area contributed by atoms with Crippen LogP contribution in [-0.4, -0.2) is 17.8 Å². The summed E-state index contributed by atoms with van der Waals surface area (Å²) in [6, 6.07) is 0. The minimum Gasteiger partial charge on any atom is -0.467 e. The van der Waals surface area contributed by atoms with Gasteiger partial charge in [-0.15, -0.1) is 0 Å². The first-order valence-electron chi connectivity index (χ1n) is 1.71. The molecule has 0 N–H and O–H groups in total. The molecule has 5 heteroatoms. The number of hydrogen-bond donors (Lipinski definition) is 0. The zero-order chi connectivity index (χ0) is 6.57. The van der Waals surface area contributed by atoms with E-state index in [1.807, 2.05) is 21.2 Å². The molecule has 0 saturated carbocycles. The average Bonchev–Trinajstić information content (AvgIpc) is 1.84. The Balaban J connectivity index is 3.46. The molecule has 0 rings (SSSR count). The number of ether oxygens (including phenoxy) is 1. The van der Waals surface area contributed by atoms with Gasteiger partial charge in [0.15, 0.2) is 4.71 Å². The number of alkyl halides is 1. The Morgan fingerprint density at radius 2 is 2.50 bits per heavy atom. The van der Waals surface area contributed by atoms with E-state index in [1.54, 1.807) is 0 Å². The highest BCUT2D eigenvalue weighted by Crippen LogP contribution is 2.23. The maximum Gasteiger partial charge on any atom is 0.334 e. The summed E-state index contributed by atoms with van der Waals surface area (Å²) in [6.07, 6.45) is 0. The van der Waals surface area contributed by atoms with Crippen molar-refractivity contribution < 1.29 is 9.53 Å². The Morgan fingerprint density at radius 3 is 2.62 bits per heavy atom. The van der Waals surface area contributed by atoms with Gasteiger partial charge in [-0.3, -0.25) is 0 Å². The largest absolute Gasteiger partial charge is 0.467 e. The predicted octanol–water partition coefficient (Wildman–Crippen LogP) is 1.81. The van der Waals surface area contributed by atoms with Crippen molar-refractivity contribution in [2.75, 3.05) is 7.11 Å². The lowest BCUT2D eigenvalue weighted by Gasteiger charge is -1.98. The van der Waals surface area contributed by atoms with Gasteiger partial charge < -0.3 is 4.74 Å². The summed E-state index contributed by atoms with van der Waals surface area (Å²) in [5.41, 5.74) is 0. The van der Waals surface area contributed by atoms with E-state index in [9.17, 15) is 4.79 Å². The molecule has 1 atom stereocenters. The van der Waals surface area contributed by atoms with Crippen LogP contribution in [0.4, 0.5) is 0 Å². The van der Waals surface area contributed by atoms with Crippen molar-refractivity contribution >= 4 is 47.7 Å². The van der Waals surface area contributed by atoms with E-state index in [0.29, 0.717) is 0 Å². The van der Waals surface area contributed by atoms with Crippen LogP contribution in [0.3, 0.4) is 0 Å². The van der Waals surface area contributed by atoms with E-state index in [0.717, 1.165) is 0 Å². The molecule has 0 amide bonds. The van der Waals surface area contributed by atoms with Crippen LogP contribution in [0, 0.1) is 0 Å². The fourth-order valence-electron chi connectivity index (χ4n) is 0.129. The molecule has 0 saturated heterocycles. The van der Waals surface area contributed by atoms with Crippen LogP contribution >= 0.6 is 41.7 Å². The molecule has 0 aromatic carbocycles. The lowest BCUT2D eigenvalue weighted by Crippen LogP contribution is -2.10. The van der Waals surface area contributed by atoms with Crippen molar-refractivity contribution in [2.45, 2.75) is 4.71 Å². The molecular weight excluding hydrogens is 262 g/mol. The quantitative estimate of drug-likeness (QED) is 0.433. The van der Waals surface area contributed by atoms with E-state index < -0.39 is 10.7 Å². The highest BCUT2D eigenvalue weighted by Gasteiger charge is 2.13. The van der Waals surface area contributed by atoms with E-state index in [1.165, 1.54) is 16.0 Å². The van der Waals surface area contributed by atoms with Gasteiger partial charge >= 0.3 is 5.97 Å². The highest BCUT2D eigenvalue weighted by atomic mass is 127. The molecule has 0 aliphatic carbocycles.